The third kappa shape index (κ3) is 2.27. The van der Waals surface area contributed by atoms with Gasteiger partial charge in [-0.3, -0.25) is 39.2 Å². The molecule has 0 aliphatic carbocycles. The molecule has 8 rings (SSSR count). The molecular weight excluding hydrogens is 520 g/mol. The Labute approximate surface area is 222 Å². The normalized spacial score (nSPS) is 40.1. The molecule has 0 radical (unpaired) electrons. The standard InChI is InChI=1S/C22H30N8O9/c1-19-20(25-9-37-10-26(20)16(32)24(19)8-36-7-23(19)15(25)31)5-3-2-4-6-21-22(35)29-13-39-14-30(22)18(34)28(21)12-38-11-27(21)17(29)33/h35H,2-14H2,1H3/t19-,20+,21-,22-. The summed E-state index contributed by atoms with van der Waals surface area (Å²) in [6.07, 6.45) is 2.71. The number of unbranched alkanes of at least 4 members (excludes halogenated alkanes) is 2. The van der Waals surface area contributed by atoms with E-state index in [0.717, 1.165) is 0 Å². The molecule has 17 nitrogen and oxygen atoms in total. The Morgan fingerprint density at radius 3 is 1.33 bits per heavy atom. The van der Waals surface area contributed by atoms with Gasteiger partial charge in [-0.25, -0.2) is 19.2 Å². The molecule has 0 saturated carbocycles. The minimum Gasteiger partial charge on any atom is -0.350 e. The minimum absolute atomic E-state index is 0.0430. The number of rotatable bonds is 6. The van der Waals surface area contributed by atoms with Crippen molar-refractivity contribution in [2.45, 2.75) is 61.9 Å². The predicted molar refractivity (Wildman–Crippen MR) is 121 cm³/mol. The lowest BCUT2D eigenvalue weighted by atomic mass is 9.86. The second kappa shape index (κ2) is 7.34. The van der Waals surface area contributed by atoms with Crippen LogP contribution >= 0.6 is 0 Å². The van der Waals surface area contributed by atoms with Gasteiger partial charge in [-0.1, -0.05) is 6.42 Å². The lowest BCUT2D eigenvalue weighted by Gasteiger charge is -2.51. The largest absolute Gasteiger partial charge is 0.350 e. The van der Waals surface area contributed by atoms with Crippen LogP contribution in [-0.4, -0.2) is 145 Å². The summed E-state index contributed by atoms with van der Waals surface area (Å²) >= 11 is 0. The number of ether oxygens (including phenoxy) is 4. The third-order valence-corrected chi connectivity index (χ3v) is 10.0. The number of amides is 8. The smallest absolute Gasteiger partial charge is 0.329 e. The first-order chi connectivity index (χ1) is 18.8. The fourth-order valence-electron chi connectivity index (χ4n) is 8.23. The zero-order valence-corrected chi connectivity index (χ0v) is 21.5. The molecule has 0 atom stereocenters. The van der Waals surface area contributed by atoms with Crippen molar-refractivity contribution in [1.82, 2.24) is 39.2 Å². The van der Waals surface area contributed by atoms with E-state index < -0.39 is 34.9 Å². The van der Waals surface area contributed by atoms with Crippen molar-refractivity contribution in [1.29, 1.82) is 0 Å². The van der Waals surface area contributed by atoms with Crippen molar-refractivity contribution in [3.63, 3.8) is 0 Å². The molecule has 8 aliphatic rings. The van der Waals surface area contributed by atoms with Crippen LogP contribution in [0.15, 0.2) is 0 Å². The second-order valence-electron chi connectivity index (χ2n) is 11.3. The minimum atomic E-state index is -1.86. The van der Waals surface area contributed by atoms with Gasteiger partial charge in [0, 0.05) is 0 Å². The van der Waals surface area contributed by atoms with Gasteiger partial charge in [0.1, 0.15) is 53.8 Å². The van der Waals surface area contributed by atoms with E-state index in [0.29, 0.717) is 32.1 Å². The summed E-state index contributed by atoms with van der Waals surface area (Å²) in [4.78, 5) is 64.8. The van der Waals surface area contributed by atoms with E-state index in [-0.39, 0.29) is 65.9 Å². The number of nitrogens with zero attached hydrogens (tertiary/aromatic N) is 8. The maximum absolute atomic E-state index is 13.3. The number of hydrogen-bond acceptors (Lipinski definition) is 9. The Morgan fingerprint density at radius 1 is 0.538 bits per heavy atom. The SMILES string of the molecule is C[C@]12N3COCN1C(=O)N1COCN(C3=O)[C@]12CCCCC[C@]12N3COCN1C(=O)N1COCN(C3=O)[C@]12O. The molecule has 0 aromatic rings. The Hall–Kier alpha value is -3.12. The van der Waals surface area contributed by atoms with Gasteiger partial charge in [-0.15, -0.1) is 0 Å². The van der Waals surface area contributed by atoms with Gasteiger partial charge in [-0.05, 0) is 32.6 Å². The summed E-state index contributed by atoms with van der Waals surface area (Å²) < 4.78 is 22.2. The van der Waals surface area contributed by atoms with E-state index >= 15 is 0 Å². The summed E-state index contributed by atoms with van der Waals surface area (Å²) in [6.45, 7) is 1.93. The summed E-state index contributed by atoms with van der Waals surface area (Å²) in [5.74, 6) is -1.86. The molecule has 8 amide bonds. The van der Waals surface area contributed by atoms with E-state index in [1.165, 1.54) is 19.6 Å². The van der Waals surface area contributed by atoms with Crippen molar-refractivity contribution in [2.24, 2.45) is 0 Å². The monoisotopic (exact) mass is 550 g/mol. The average Bonchev–Trinajstić information content (AvgIpc) is 3.44. The lowest BCUT2D eigenvalue weighted by Crippen LogP contribution is -2.71. The highest BCUT2D eigenvalue weighted by Crippen LogP contribution is 2.57. The first-order valence-corrected chi connectivity index (χ1v) is 13.2. The molecule has 8 aliphatic heterocycles. The molecule has 212 valence electrons. The highest BCUT2D eigenvalue weighted by Gasteiger charge is 2.81. The van der Waals surface area contributed by atoms with Crippen LogP contribution in [0.1, 0.15) is 39.0 Å². The molecule has 8 heterocycles. The topological polar surface area (TPSA) is 151 Å². The van der Waals surface area contributed by atoms with Crippen molar-refractivity contribution in [3.8, 4) is 0 Å². The van der Waals surface area contributed by atoms with E-state index in [4.69, 9.17) is 18.9 Å². The maximum atomic E-state index is 13.3. The van der Waals surface area contributed by atoms with Crippen LogP contribution in [0.5, 0.6) is 0 Å². The van der Waals surface area contributed by atoms with Crippen LogP contribution < -0.4 is 0 Å². The van der Waals surface area contributed by atoms with Gasteiger partial charge in [0.15, 0.2) is 17.0 Å². The Morgan fingerprint density at radius 2 is 0.872 bits per heavy atom. The molecular formula is C22H30N8O9. The average molecular weight is 551 g/mol. The first kappa shape index (κ1) is 23.7. The fourth-order valence-corrected chi connectivity index (χ4v) is 8.23. The van der Waals surface area contributed by atoms with Crippen LogP contribution in [0, 0.1) is 0 Å². The molecule has 1 N–H and O–H groups in total. The molecule has 8 fully saturated rings. The molecule has 0 unspecified atom stereocenters. The molecule has 8 saturated heterocycles. The number of aliphatic hydroxyl groups is 1. The number of carbonyl (C=O) groups excluding carboxylic acids is 4. The van der Waals surface area contributed by atoms with Crippen LogP contribution in [0.4, 0.5) is 19.2 Å². The Bertz CT molecular complexity index is 1030. The molecule has 39 heavy (non-hydrogen) atoms. The van der Waals surface area contributed by atoms with Gasteiger partial charge in [-0.2, -0.15) is 0 Å². The van der Waals surface area contributed by atoms with Crippen molar-refractivity contribution in [2.75, 3.05) is 53.8 Å². The summed E-state index contributed by atoms with van der Waals surface area (Å²) in [6, 6.07) is -1.37. The molecule has 0 aromatic heterocycles. The molecule has 0 spiro atoms. The fraction of sp³-hybridized carbons (Fsp3) is 0.818. The molecule has 0 aromatic carbocycles. The van der Waals surface area contributed by atoms with Gasteiger partial charge in [0.05, 0.1) is 0 Å². The van der Waals surface area contributed by atoms with Crippen LogP contribution in [0.2, 0.25) is 0 Å². The van der Waals surface area contributed by atoms with E-state index in [1.807, 2.05) is 6.92 Å². The second-order valence-corrected chi connectivity index (χ2v) is 11.3. The van der Waals surface area contributed by atoms with Gasteiger partial charge >= 0.3 is 24.1 Å². The predicted octanol–water partition coefficient (Wildman–Crippen LogP) is -0.577. The number of urea groups is 4. The van der Waals surface area contributed by atoms with Gasteiger partial charge in [0.2, 0.25) is 0 Å². The van der Waals surface area contributed by atoms with E-state index in [9.17, 15) is 24.3 Å². The Balaban J connectivity index is 1.04. The van der Waals surface area contributed by atoms with E-state index in [1.54, 1.807) is 19.6 Å². The Kier molecular flexibility index (Phi) is 4.47. The summed E-state index contributed by atoms with van der Waals surface area (Å²) in [5, 5.41) is 11.9. The molecule has 17 heteroatoms. The van der Waals surface area contributed by atoms with Gasteiger partial charge < -0.3 is 24.1 Å². The van der Waals surface area contributed by atoms with Crippen molar-refractivity contribution < 1.29 is 43.2 Å². The number of hydrogen-bond donors (Lipinski definition) is 1. The van der Waals surface area contributed by atoms with Crippen LogP contribution in [-0.2, 0) is 18.9 Å². The highest BCUT2D eigenvalue weighted by molar-refractivity contribution is 5.89. The zero-order chi connectivity index (χ0) is 26.9. The number of carbonyl (C=O) groups is 4. The summed E-state index contributed by atoms with van der Waals surface area (Å²) in [7, 11) is 0. The van der Waals surface area contributed by atoms with Crippen LogP contribution in [0.3, 0.4) is 0 Å². The van der Waals surface area contributed by atoms with Crippen molar-refractivity contribution >= 4 is 24.1 Å². The van der Waals surface area contributed by atoms with E-state index in [2.05, 4.69) is 0 Å². The third-order valence-electron chi connectivity index (χ3n) is 10.0. The van der Waals surface area contributed by atoms with Crippen molar-refractivity contribution in [3.05, 3.63) is 0 Å². The summed E-state index contributed by atoms with van der Waals surface area (Å²) in [5.41, 5.74) is -3.11. The van der Waals surface area contributed by atoms with Gasteiger partial charge in [0.25, 0.3) is 5.85 Å². The molecule has 0 bridgehead atoms. The maximum Gasteiger partial charge on any atom is 0.329 e. The van der Waals surface area contributed by atoms with Crippen LogP contribution in [0.25, 0.3) is 0 Å². The highest BCUT2D eigenvalue weighted by atomic mass is 16.6. The zero-order valence-electron chi connectivity index (χ0n) is 21.5. The first-order valence-electron chi connectivity index (χ1n) is 13.2. The quantitative estimate of drug-likeness (QED) is 0.429. The lowest BCUT2D eigenvalue weighted by molar-refractivity contribution is -0.292.